The lowest BCUT2D eigenvalue weighted by Crippen LogP contribution is -2.54. The van der Waals surface area contributed by atoms with E-state index in [2.05, 4.69) is 0 Å². The van der Waals surface area contributed by atoms with Crippen molar-refractivity contribution in [2.75, 3.05) is 9.80 Å². The minimum Gasteiger partial charge on any atom is -0.304 e. The zero-order valence-electron chi connectivity index (χ0n) is 16.0. The number of nitrogens with zero attached hydrogens (tertiary/aromatic N) is 2. The molecule has 7 heteroatoms. The van der Waals surface area contributed by atoms with Crippen molar-refractivity contribution in [1.29, 1.82) is 0 Å². The van der Waals surface area contributed by atoms with E-state index >= 15 is 0 Å². The molecular formula is C23H17Cl3N2O2. The molecule has 0 radical (unpaired) electrons. The van der Waals surface area contributed by atoms with Gasteiger partial charge in [0.1, 0.15) is 6.04 Å². The number of para-hydroxylation sites is 2. The monoisotopic (exact) mass is 458 g/mol. The first-order chi connectivity index (χ1) is 14.4. The predicted octanol–water partition coefficient (Wildman–Crippen LogP) is 6.23. The van der Waals surface area contributed by atoms with Crippen LogP contribution in [0.1, 0.15) is 22.8 Å². The molecule has 0 aromatic heterocycles. The molecule has 4 rings (SSSR count). The number of carbonyl (C=O) groups is 2. The van der Waals surface area contributed by atoms with Crippen molar-refractivity contribution in [3.63, 3.8) is 0 Å². The Morgan fingerprint density at radius 2 is 1.47 bits per heavy atom. The second-order valence-electron chi connectivity index (χ2n) is 6.97. The number of rotatable bonds is 3. The summed E-state index contributed by atoms with van der Waals surface area (Å²) >= 11 is 18.6. The molecular weight excluding hydrogens is 443 g/mol. The zero-order chi connectivity index (χ0) is 21.4. The Morgan fingerprint density at radius 3 is 2.10 bits per heavy atom. The van der Waals surface area contributed by atoms with Gasteiger partial charge < -0.3 is 4.90 Å². The third kappa shape index (κ3) is 3.67. The van der Waals surface area contributed by atoms with Crippen molar-refractivity contribution in [2.24, 2.45) is 0 Å². The maximum absolute atomic E-state index is 13.3. The van der Waals surface area contributed by atoms with Gasteiger partial charge in [0.05, 0.1) is 17.9 Å². The van der Waals surface area contributed by atoms with E-state index < -0.39 is 6.04 Å². The number of carbonyl (C=O) groups excluding carboxylic acids is 2. The first kappa shape index (κ1) is 20.7. The van der Waals surface area contributed by atoms with Crippen molar-refractivity contribution in [2.45, 2.75) is 19.5 Å². The van der Waals surface area contributed by atoms with Gasteiger partial charge in [-0.15, -0.1) is 0 Å². The molecule has 1 aliphatic rings. The largest absolute Gasteiger partial charge is 0.304 e. The molecule has 3 aromatic carbocycles. The van der Waals surface area contributed by atoms with E-state index in [1.807, 2.05) is 24.3 Å². The van der Waals surface area contributed by atoms with E-state index in [-0.39, 0.29) is 18.4 Å². The summed E-state index contributed by atoms with van der Waals surface area (Å²) in [7, 11) is 0. The van der Waals surface area contributed by atoms with E-state index in [0.717, 1.165) is 0 Å². The average Bonchev–Trinajstić information content (AvgIpc) is 2.74. The standard InChI is InChI=1S/C23H17Cl3N2O2/c1-14-22(29)27(13-17-18(25)5-4-6-19(17)26)20-7-2-3-8-21(20)28(14)23(30)15-9-11-16(24)12-10-15/h2-12,14H,13H2,1H3/t14-/m0/s1. The average molecular weight is 460 g/mol. The van der Waals surface area contributed by atoms with Gasteiger partial charge >= 0.3 is 0 Å². The van der Waals surface area contributed by atoms with Gasteiger partial charge in [0.2, 0.25) is 5.91 Å². The summed E-state index contributed by atoms with van der Waals surface area (Å²) in [6.45, 7) is 1.93. The molecule has 0 N–H and O–H groups in total. The summed E-state index contributed by atoms with van der Waals surface area (Å²) in [5.41, 5.74) is 2.39. The highest BCUT2D eigenvalue weighted by Gasteiger charge is 2.39. The van der Waals surface area contributed by atoms with Gasteiger partial charge in [-0.1, -0.05) is 53.0 Å². The molecule has 0 unspecified atom stereocenters. The molecule has 1 heterocycles. The van der Waals surface area contributed by atoms with Gasteiger partial charge in [-0.25, -0.2) is 0 Å². The Bertz CT molecular complexity index is 1110. The van der Waals surface area contributed by atoms with Gasteiger partial charge in [0.25, 0.3) is 5.91 Å². The van der Waals surface area contributed by atoms with Gasteiger partial charge in [0, 0.05) is 26.2 Å². The highest BCUT2D eigenvalue weighted by atomic mass is 35.5. The third-order valence-electron chi connectivity index (χ3n) is 5.13. The first-order valence-corrected chi connectivity index (χ1v) is 10.4. The van der Waals surface area contributed by atoms with E-state index in [4.69, 9.17) is 34.8 Å². The molecule has 1 aliphatic heterocycles. The fourth-order valence-electron chi connectivity index (χ4n) is 3.58. The van der Waals surface area contributed by atoms with Crippen molar-refractivity contribution >= 4 is 58.0 Å². The van der Waals surface area contributed by atoms with Crippen LogP contribution in [0.15, 0.2) is 66.7 Å². The fourth-order valence-corrected chi connectivity index (χ4v) is 4.22. The summed E-state index contributed by atoms with van der Waals surface area (Å²) in [5, 5.41) is 1.51. The molecule has 0 aliphatic carbocycles. The van der Waals surface area contributed by atoms with Crippen LogP contribution < -0.4 is 9.80 Å². The number of benzene rings is 3. The predicted molar refractivity (Wildman–Crippen MR) is 122 cm³/mol. The molecule has 0 spiro atoms. The molecule has 3 aromatic rings. The first-order valence-electron chi connectivity index (χ1n) is 9.31. The second-order valence-corrected chi connectivity index (χ2v) is 8.22. The quantitative estimate of drug-likeness (QED) is 0.466. The number of amides is 2. The van der Waals surface area contributed by atoms with Crippen LogP contribution in [0.5, 0.6) is 0 Å². The molecule has 0 bridgehead atoms. The summed E-state index contributed by atoms with van der Waals surface area (Å²) in [4.78, 5) is 29.8. The topological polar surface area (TPSA) is 40.6 Å². The fraction of sp³-hybridized carbons (Fsp3) is 0.130. The maximum atomic E-state index is 13.3. The number of fused-ring (bicyclic) bond motifs is 1. The van der Waals surface area contributed by atoms with Crippen LogP contribution in [-0.2, 0) is 11.3 Å². The summed E-state index contributed by atoms with van der Waals surface area (Å²) < 4.78 is 0. The van der Waals surface area contributed by atoms with Crippen LogP contribution in [0.2, 0.25) is 15.1 Å². The summed E-state index contributed by atoms with van der Waals surface area (Å²) in [6, 6.07) is 18.5. The van der Waals surface area contributed by atoms with E-state index in [1.54, 1.807) is 54.3 Å². The van der Waals surface area contributed by atoms with Crippen molar-refractivity contribution in [3.8, 4) is 0 Å². The number of halogens is 3. The smallest absolute Gasteiger partial charge is 0.259 e. The van der Waals surface area contributed by atoms with Crippen LogP contribution in [0, 0.1) is 0 Å². The normalized spacial score (nSPS) is 15.9. The van der Waals surface area contributed by atoms with E-state index in [0.29, 0.717) is 37.6 Å². The van der Waals surface area contributed by atoms with Crippen molar-refractivity contribution < 1.29 is 9.59 Å². The highest BCUT2D eigenvalue weighted by molar-refractivity contribution is 6.36. The lowest BCUT2D eigenvalue weighted by Gasteiger charge is -2.40. The van der Waals surface area contributed by atoms with Crippen molar-refractivity contribution in [1.82, 2.24) is 0 Å². The summed E-state index contributed by atoms with van der Waals surface area (Å²) in [6.07, 6.45) is 0. The van der Waals surface area contributed by atoms with Crippen LogP contribution in [-0.4, -0.2) is 17.9 Å². The minimum absolute atomic E-state index is 0.210. The second kappa shape index (κ2) is 8.31. The SMILES string of the molecule is C[C@H]1C(=O)N(Cc2c(Cl)cccc2Cl)c2ccccc2N1C(=O)c1ccc(Cl)cc1. The van der Waals surface area contributed by atoms with Crippen LogP contribution in [0.3, 0.4) is 0 Å². The maximum Gasteiger partial charge on any atom is 0.259 e. The molecule has 0 fully saturated rings. The van der Waals surface area contributed by atoms with E-state index in [9.17, 15) is 9.59 Å². The van der Waals surface area contributed by atoms with Gasteiger partial charge in [-0.05, 0) is 55.5 Å². The Balaban J connectivity index is 1.77. The van der Waals surface area contributed by atoms with Crippen molar-refractivity contribution in [3.05, 3.63) is 92.9 Å². The third-order valence-corrected chi connectivity index (χ3v) is 6.09. The summed E-state index contributed by atoms with van der Waals surface area (Å²) in [5.74, 6) is -0.484. The van der Waals surface area contributed by atoms with Crippen LogP contribution >= 0.6 is 34.8 Å². The molecule has 30 heavy (non-hydrogen) atoms. The zero-order valence-corrected chi connectivity index (χ0v) is 18.2. The van der Waals surface area contributed by atoms with Gasteiger partial charge in [-0.3, -0.25) is 14.5 Å². The number of hydrogen-bond acceptors (Lipinski definition) is 2. The molecule has 2 amide bonds. The number of anilines is 2. The highest BCUT2D eigenvalue weighted by Crippen LogP contribution is 2.39. The lowest BCUT2D eigenvalue weighted by molar-refractivity contribution is -0.119. The van der Waals surface area contributed by atoms with Gasteiger partial charge in [-0.2, -0.15) is 0 Å². The van der Waals surface area contributed by atoms with Gasteiger partial charge in [0.15, 0.2) is 0 Å². The Morgan fingerprint density at radius 1 is 0.867 bits per heavy atom. The molecule has 4 nitrogen and oxygen atoms in total. The molecule has 152 valence electrons. The number of hydrogen-bond donors (Lipinski definition) is 0. The molecule has 0 saturated carbocycles. The molecule has 0 saturated heterocycles. The van der Waals surface area contributed by atoms with Crippen LogP contribution in [0.25, 0.3) is 0 Å². The Labute approximate surface area is 189 Å². The van der Waals surface area contributed by atoms with Crippen LogP contribution in [0.4, 0.5) is 11.4 Å². The Kier molecular flexibility index (Phi) is 5.74. The minimum atomic E-state index is -0.704. The lowest BCUT2D eigenvalue weighted by atomic mass is 10.0. The van der Waals surface area contributed by atoms with E-state index in [1.165, 1.54) is 4.90 Å². The molecule has 1 atom stereocenters. The Hall–Kier alpha value is -2.53.